The summed E-state index contributed by atoms with van der Waals surface area (Å²) in [5.74, 6) is 0.0429. The fourth-order valence-electron chi connectivity index (χ4n) is 5.13. The van der Waals surface area contributed by atoms with Gasteiger partial charge >= 0.3 is 0 Å². The first-order valence-corrected chi connectivity index (χ1v) is 14.8. The van der Waals surface area contributed by atoms with Crippen LogP contribution in [0.5, 0.6) is 5.75 Å². The van der Waals surface area contributed by atoms with Crippen LogP contribution in [0.2, 0.25) is 0 Å². The minimum absolute atomic E-state index is 0.0107. The van der Waals surface area contributed by atoms with Gasteiger partial charge in [0.05, 0.1) is 29.3 Å². The number of nitrogens with zero attached hydrogens (tertiary/aromatic N) is 2. The number of para-hydroxylation sites is 1. The molecule has 0 aliphatic carbocycles. The van der Waals surface area contributed by atoms with Gasteiger partial charge in [0.1, 0.15) is 11.8 Å². The van der Waals surface area contributed by atoms with E-state index in [2.05, 4.69) is 16.3 Å². The predicted octanol–water partition coefficient (Wildman–Crippen LogP) is 2.03. The van der Waals surface area contributed by atoms with Crippen molar-refractivity contribution in [3.63, 3.8) is 0 Å². The number of hydrogen-bond acceptors (Lipinski definition) is 7. The Hall–Kier alpha value is -3.21. The summed E-state index contributed by atoms with van der Waals surface area (Å²) in [6.45, 7) is 2.58. The first-order chi connectivity index (χ1) is 18.3. The maximum Gasteiger partial charge on any atom is 0.258 e. The average molecular weight is 540 g/mol. The highest BCUT2D eigenvalue weighted by Gasteiger charge is 2.37. The maximum absolute atomic E-state index is 13.7. The quantitative estimate of drug-likeness (QED) is 0.595. The standard InChI is InChI=1S/C28H33N3O6S/c1-38(34,35)23-11-9-20(10-12-23)18-30-14-15-31-25(19-30)27(32)29-17-22-6-4-5-21(37-22)13-16-36-26-8-3-2-7-24(26)28(31)33/h2-4,6-12,21-22,25H,5,13-19H2,1H3,(H,29,32)/t21-,22-,25-/m0/s1. The third-order valence-corrected chi connectivity index (χ3v) is 8.32. The predicted molar refractivity (Wildman–Crippen MR) is 142 cm³/mol. The molecule has 3 atom stereocenters. The molecule has 0 unspecified atom stereocenters. The Morgan fingerprint density at radius 1 is 1.05 bits per heavy atom. The van der Waals surface area contributed by atoms with Crippen molar-refractivity contribution in [1.82, 2.24) is 15.1 Å². The van der Waals surface area contributed by atoms with Gasteiger partial charge in [-0.3, -0.25) is 14.5 Å². The third kappa shape index (κ3) is 6.09. The fraction of sp³-hybridized carbons (Fsp3) is 0.429. The molecule has 0 aromatic heterocycles. The number of carbonyl (C=O) groups is 2. The Kier molecular flexibility index (Phi) is 7.83. The third-order valence-electron chi connectivity index (χ3n) is 7.19. The molecule has 1 fully saturated rings. The monoisotopic (exact) mass is 539 g/mol. The lowest BCUT2D eigenvalue weighted by atomic mass is 10.1. The van der Waals surface area contributed by atoms with E-state index in [0.29, 0.717) is 57.1 Å². The van der Waals surface area contributed by atoms with Crippen LogP contribution in [0.3, 0.4) is 0 Å². The van der Waals surface area contributed by atoms with Crippen LogP contribution in [-0.4, -0.2) is 87.3 Å². The van der Waals surface area contributed by atoms with Crippen molar-refractivity contribution in [2.24, 2.45) is 0 Å². The summed E-state index contributed by atoms with van der Waals surface area (Å²) < 4.78 is 35.8. The van der Waals surface area contributed by atoms with E-state index in [4.69, 9.17) is 9.47 Å². The van der Waals surface area contributed by atoms with Crippen molar-refractivity contribution in [3.05, 3.63) is 71.8 Å². The summed E-state index contributed by atoms with van der Waals surface area (Å²) in [6.07, 6.45) is 6.46. The second kappa shape index (κ2) is 11.3. The van der Waals surface area contributed by atoms with Gasteiger partial charge in [-0.1, -0.05) is 36.4 Å². The molecule has 3 aliphatic heterocycles. The molecule has 0 radical (unpaired) electrons. The molecule has 2 bridgehead atoms. The number of hydrogen-bond donors (Lipinski definition) is 1. The molecular formula is C28H33N3O6S. The molecule has 3 heterocycles. The molecule has 38 heavy (non-hydrogen) atoms. The largest absolute Gasteiger partial charge is 0.493 e. The van der Waals surface area contributed by atoms with Crippen LogP contribution >= 0.6 is 0 Å². The van der Waals surface area contributed by atoms with Crippen molar-refractivity contribution < 1.29 is 27.5 Å². The van der Waals surface area contributed by atoms with Gasteiger partial charge in [0, 0.05) is 45.4 Å². The summed E-state index contributed by atoms with van der Waals surface area (Å²) in [5.41, 5.74) is 1.37. The minimum atomic E-state index is -3.27. The maximum atomic E-state index is 13.7. The van der Waals surface area contributed by atoms with E-state index < -0.39 is 15.9 Å². The van der Waals surface area contributed by atoms with E-state index in [1.807, 2.05) is 12.1 Å². The van der Waals surface area contributed by atoms with E-state index in [0.717, 1.165) is 12.0 Å². The highest BCUT2D eigenvalue weighted by Crippen LogP contribution is 2.25. The molecule has 10 heteroatoms. The van der Waals surface area contributed by atoms with E-state index in [1.54, 1.807) is 47.4 Å². The Labute approximate surface area is 223 Å². The summed E-state index contributed by atoms with van der Waals surface area (Å²) in [6, 6.07) is 13.2. The van der Waals surface area contributed by atoms with Gasteiger partial charge < -0.3 is 19.7 Å². The van der Waals surface area contributed by atoms with E-state index >= 15 is 0 Å². The molecule has 2 amide bonds. The molecule has 2 aromatic rings. The van der Waals surface area contributed by atoms with Crippen LogP contribution in [0.25, 0.3) is 0 Å². The van der Waals surface area contributed by atoms with Crippen molar-refractivity contribution >= 4 is 21.7 Å². The van der Waals surface area contributed by atoms with Gasteiger partial charge in [0.25, 0.3) is 5.91 Å². The van der Waals surface area contributed by atoms with E-state index in [-0.39, 0.29) is 28.9 Å². The number of ether oxygens (including phenoxy) is 2. The molecule has 5 rings (SSSR count). The molecule has 2 aromatic carbocycles. The zero-order chi connectivity index (χ0) is 26.7. The number of fused-ring (bicyclic) bond motifs is 4. The van der Waals surface area contributed by atoms with Crippen LogP contribution in [-0.2, 0) is 25.9 Å². The lowest BCUT2D eigenvalue weighted by molar-refractivity contribution is -0.128. The average Bonchev–Trinajstić information content (AvgIpc) is 2.91. The summed E-state index contributed by atoms with van der Waals surface area (Å²) in [5, 5.41) is 3.01. The number of amides is 2. The van der Waals surface area contributed by atoms with Gasteiger partial charge in [-0.2, -0.15) is 0 Å². The smallest absolute Gasteiger partial charge is 0.258 e. The number of nitrogens with one attached hydrogen (secondary N) is 1. The molecule has 202 valence electrons. The van der Waals surface area contributed by atoms with Gasteiger partial charge in [-0.05, 0) is 36.2 Å². The zero-order valence-electron chi connectivity index (χ0n) is 21.4. The van der Waals surface area contributed by atoms with Crippen molar-refractivity contribution in [2.45, 2.75) is 42.5 Å². The summed E-state index contributed by atoms with van der Waals surface area (Å²) >= 11 is 0. The van der Waals surface area contributed by atoms with Crippen molar-refractivity contribution in [1.29, 1.82) is 0 Å². The van der Waals surface area contributed by atoms with Gasteiger partial charge in [0.15, 0.2) is 9.84 Å². The topological polar surface area (TPSA) is 105 Å². The zero-order valence-corrected chi connectivity index (χ0v) is 22.2. The Morgan fingerprint density at radius 3 is 2.63 bits per heavy atom. The lowest BCUT2D eigenvalue weighted by Gasteiger charge is -2.41. The fourth-order valence-corrected chi connectivity index (χ4v) is 5.76. The first-order valence-electron chi connectivity index (χ1n) is 12.9. The van der Waals surface area contributed by atoms with Gasteiger partial charge in [-0.25, -0.2) is 8.42 Å². The van der Waals surface area contributed by atoms with Gasteiger partial charge in [-0.15, -0.1) is 0 Å². The van der Waals surface area contributed by atoms with Crippen molar-refractivity contribution in [3.8, 4) is 5.75 Å². The Bertz CT molecular complexity index is 1310. The van der Waals surface area contributed by atoms with E-state index in [1.165, 1.54) is 6.26 Å². The molecule has 3 aliphatic rings. The van der Waals surface area contributed by atoms with E-state index in [9.17, 15) is 18.0 Å². The van der Waals surface area contributed by atoms with Crippen LogP contribution in [0.15, 0.2) is 65.6 Å². The molecule has 1 N–H and O–H groups in total. The minimum Gasteiger partial charge on any atom is -0.493 e. The number of benzene rings is 2. The highest BCUT2D eigenvalue weighted by molar-refractivity contribution is 7.90. The van der Waals surface area contributed by atoms with Crippen LogP contribution < -0.4 is 10.1 Å². The molecule has 0 saturated carbocycles. The van der Waals surface area contributed by atoms with Crippen LogP contribution in [0.4, 0.5) is 0 Å². The summed E-state index contributed by atoms with van der Waals surface area (Å²) in [4.78, 5) is 31.2. The number of sulfone groups is 1. The normalized spacial score (nSPS) is 25.0. The van der Waals surface area contributed by atoms with Crippen LogP contribution in [0.1, 0.15) is 28.8 Å². The number of carbonyl (C=O) groups excluding carboxylic acids is 2. The molecule has 1 saturated heterocycles. The highest BCUT2D eigenvalue weighted by atomic mass is 32.2. The van der Waals surface area contributed by atoms with Crippen LogP contribution in [0, 0.1) is 0 Å². The van der Waals surface area contributed by atoms with Gasteiger partial charge in [0.2, 0.25) is 5.91 Å². The number of rotatable bonds is 3. The van der Waals surface area contributed by atoms with Crippen molar-refractivity contribution in [2.75, 3.05) is 39.0 Å². The molecule has 0 spiro atoms. The SMILES string of the molecule is CS(=O)(=O)c1ccc(CN2CCN3C(=O)c4ccccc4OCC[C@@H]4CC=C[C@@H](CNC(=O)[C@@H]3C2)O4)cc1. The molecule has 9 nitrogen and oxygen atoms in total. The Balaban J connectivity index is 1.38. The second-order valence-corrected chi connectivity index (χ2v) is 12.0. The molecular weight excluding hydrogens is 506 g/mol. The first kappa shape index (κ1) is 26.4. The number of piperazine rings is 1. The second-order valence-electron chi connectivity index (χ2n) is 10.0. The lowest BCUT2D eigenvalue weighted by Crippen LogP contribution is -2.61. The summed E-state index contributed by atoms with van der Waals surface area (Å²) in [7, 11) is -3.27. The Morgan fingerprint density at radius 2 is 1.84 bits per heavy atom.